The topological polar surface area (TPSA) is 66.8 Å². The Hall–Kier alpha value is -2.60. The van der Waals surface area contributed by atoms with E-state index in [0.717, 1.165) is 16.5 Å². The first-order valence-electron chi connectivity index (χ1n) is 7.98. The number of carbonyl (C=O) groups excluding carboxylic acids is 1. The molecule has 1 amide bonds. The highest BCUT2D eigenvalue weighted by atomic mass is 35.5. The van der Waals surface area contributed by atoms with Gasteiger partial charge in [0.25, 0.3) is 0 Å². The minimum Gasteiger partial charge on any atom is -0.479 e. The minimum atomic E-state index is -1.56. The van der Waals surface area contributed by atoms with Crippen LogP contribution in [0.3, 0.4) is 0 Å². The van der Waals surface area contributed by atoms with Gasteiger partial charge < -0.3 is 9.84 Å². The van der Waals surface area contributed by atoms with Gasteiger partial charge in [0.15, 0.2) is 6.04 Å². The molecule has 2 rings (SSSR count). The molecule has 0 aliphatic heterocycles. The van der Waals surface area contributed by atoms with Crippen molar-refractivity contribution in [3.8, 4) is 0 Å². The van der Waals surface area contributed by atoms with E-state index in [0.29, 0.717) is 0 Å². The van der Waals surface area contributed by atoms with E-state index < -0.39 is 30.0 Å². The molecule has 1 N–H and O–H groups in total. The number of halogens is 2. The molecule has 0 aliphatic rings. The van der Waals surface area contributed by atoms with Crippen LogP contribution in [0.2, 0.25) is 5.02 Å². The van der Waals surface area contributed by atoms with Crippen molar-refractivity contribution >= 4 is 23.7 Å². The first-order chi connectivity index (χ1) is 12.3. The number of carbonyl (C=O) groups is 2. The van der Waals surface area contributed by atoms with Crippen LogP contribution in [-0.2, 0) is 16.1 Å². The van der Waals surface area contributed by atoms with Crippen LogP contribution in [0.5, 0.6) is 0 Å². The summed E-state index contributed by atoms with van der Waals surface area (Å²) in [6.45, 7) is 3.23. The van der Waals surface area contributed by atoms with Gasteiger partial charge in [-0.1, -0.05) is 41.9 Å². The summed E-state index contributed by atoms with van der Waals surface area (Å²) >= 11 is 5.88. The number of aliphatic carboxylic acids is 1. The van der Waals surface area contributed by atoms with Crippen LogP contribution >= 0.6 is 11.6 Å². The van der Waals surface area contributed by atoms with E-state index in [-0.39, 0.29) is 17.2 Å². The van der Waals surface area contributed by atoms with Crippen LogP contribution in [0.1, 0.15) is 31.0 Å². The predicted molar refractivity (Wildman–Crippen MR) is 95.4 cm³/mol. The number of carboxylic acid groups (broad SMARTS) is 1. The zero-order chi connectivity index (χ0) is 19.3. The molecule has 0 aliphatic carbocycles. The lowest BCUT2D eigenvalue weighted by Crippen LogP contribution is -2.44. The maximum Gasteiger partial charge on any atom is 0.411 e. The lowest BCUT2D eigenvalue weighted by Gasteiger charge is -2.32. The van der Waals surface area contributed by atoms with Gasteiger partial charge in [-0.05, 0) is 37.6 Å². The average Bonchev–Trinajstić information content (AvgIpc) is 2.60. The number of rotatable bonds is 6. The molecule has 0 radical (unpaired) electrons. The van der Waals surface area contributed by atoms with Crippen molar-refractivity contribution in [1.29, 1.82) is 0 Å². The van der Waals surface area contributed by atoms with Gasteiger partial charge in [-0.15, -0.1) is 0 Å². The quantitative estimate of drug-likeness (QED) is 0.793. The lowest BCUT2D eigenvalue weighted by atomic mass is 10.0. The van der Waals surface area contributed by atoms with Crippen molar-refractivity contribution in [2.45, 2.75) is 32.5 Å². The maximum absolute atomic E-state index is 14.2. The van der Waals surface area contributed by atoms with Crippen molar-refractivity contribution in [1.82, 2.24) is 4.90 Å². The number of hydrogen-bond acceptors (Lipinski definition) is 3. The summed E-state index contributed by atoms with van der Waals surface area (Å²) in [5.74, 6) is -2.14. The Morgan fingerprint density at radius 1 is 1.19 bits per heavy atom. The average molecular weight is 380 g/mol. The molecule has 2 aromatic carbocycles. The van der Waals surface area contributed by atoms with E-state index in [1.807, 2.05) is 6.07 Å². The number of ether oxygens (including phenoxy) is 1. The Kier molecular flexibility index (Phi) is 6.58. The smallest absolute Gasteiger partial charge is 0.411 e. The Labute approximate surface area is 156 Å². The zero-order valence-corrected chi connectivity index (χ0v) is 15.1. The number of benzene rings is 2. The SMILES string of the molecule is CC(C)N(C(=O)OCc1ccccc1)C(C(=O)O)c1cc(Cl)ccc1F. The van der Waals surface area contributed by atoms with Crippen LogP contribution < -0.4 is 0 Å². The van der Waals surface area contributed by atoms with Gasteiger partial charge in [-0.2, -0.15) is 0 Å². The standard InChI is InChI=1S/C19H19ClFNO4/c1-12(2)22(19(25)26-11-13-6-4-3-5-7-13)17(18(23)24)15-10-14(20)8-9-16(15)21/h3-10,12,17H,11H2,1-2H3,(H,23,24). The second-order valence-corrected chi connectivity index (χ2v) is 6.38. The minimum absolute atomic E-state index is 0.0206. The Morgan fingerprint density at radius 3 is 2.42 bits per heavy atom. The fraction of sp³-hybridized carbons (Fsp3) is 0.263. The monoisotopic (exact) mass is 379 g/mol. The summed E-state index contributed by atoms with van der Waals surface area (Å²) in [6, 6.07) is 10.5. The third kappa shape index (κ3) is 4.73. The molecule has 7 heteroatoms. The summed E-state index contributed by atoms with van der Waals surface area (Å²) in [5.41, 5.74) is 0.556. The lowest BCUT2D eigenvalue weighted by molar-refractivity contribution is -0.143. The van der Waals surface area contributed by atoms with Gasteiger partial charge in [0.2, 0.25) is 0 Å². The molecule has 0 aromatic heterocycles. The van der Waals surface area contributed by atoms with Crippen LogP contribution in [-0.4, -0.2) is 28.1 Å². The molecule has 0 spiro atoms. The van der Waals surface area contributed by atoms with Crippen molar-refractivity contribution in [2.24, 2.45) is 0 Å². The van der Waals surface area contributed by atoms with Crippen molar-refractivity contribution in [3.63, 3.8) is 0 Å². The van der Waals surface area contributed by atoms with E-state index in [9.17, 15) is 19.1 Å². The summed E-state index contributed by atoms with van der Waals surface area (Å²) < 4.78 is 19.5. The van der Waals surface area contributed by atoms with Crippen molar-refractivity contribution in [2.75, 3.05) is 0 Å². The van der Waals surface area contributed by atoms with Gasteiger partial charge in [0.05, 0.1) is 0 Å². The molecule has 5 nitrogen and oxygen atoms in total. The molecule has 1 unspecified atom stereocenters. The van der Waals surface area contributed by atoms with E-state index in [1.165, 1.54) is 12.1 Å². The van der Waals surface area contributed by atoms with Gasteiger partial charge in [-0.3, -0.25) is 4.90 Å². The molecule has 26 heavy (non-hydrogen) atoms. The first-order valence-corrected chi connectivity index (χ1v) is 8.35. The van der Waals surface area contributed by atoms with E-state index in [2.05, 4.69) is 0 Å². The summed E-state index contributed by atoms with van der Waals surface area (Å²) in [5, 5.41) is 9.81. The van der Waals surface area contributed by atoms with Crippen LogP contribution in [0, 0.1) is 5.82 Å². The predicted octanol–water partition coefficient (Wildman–Crippen LogP) is 4.65. The van der Waals surface area contributed by atoms with Crippen LogP contribution in [0.15, 0.2) is 48.5 Å². The fourth-order valence-corrected chi connectivity index (χ4v) is 2.71. The number of amides is 1. The van der Waals surface area contributed by atoms with E-state index >= 15 is 0 Å². The molecule has 0 bridgehead atoms. The second-order valence-electron chi connectivity index (χ2n) is 5.95. The highest BCUT2D eigenvalue weighted by Gasteiger charge is 2.36. The second kappa shape index (κ2) is 8.67. The molecule has 0 heterocycles. The Morgan fingerprint density at radius 2 is 1.85 bits per heavy atom. The van der Waals surface area contributed by atoms with Gasteiger partial charge in [0, 0.05) is 16.6 Å². The zero-order valence-electron chi connectivity index (χ0n) is 14.4. The molecule has 0 saturated carbocycles. The van der Waals surface area contributed by atoms with Crippen LogP contribution in [0.4, 0.5) is 9.18 Å². The van der Waals surface area contributed by atoms with E-state index in [1.54, 1.807) is 38.1 Å². The first kappa shape index (κ1) is 19.7. The van der Waals surface area contributed by atoms with Gasteiger partial charge in [-0.25, -0.2) is 14.0 Å². The number of nitrogens with zero attached hydrogens (tertiary/aromatic N) is 1. The van der Waals surface area contributed by atoms with Crippen molar-refractivity contribution in [3.05, 3.63) is 70.5 Å². The van der Waals surface area contributed by atoms with E-state index in [4.69, 9.17) is 16.3 Å². The highest BCUT2D eigenvalue weighted by molar-refractivity contribution is 6.30. The molecule has 2 aromatic rings. The summed E-state index contributed by atoms with van der Waals surface area (Å²) in [4.78, 5) is 25.4. The maximum atomic E-state index is 14.2. The molecule has 0 saturated heterocycles. The third-order valence-corrected chi connectivity index (χ3v) is 3.97. The Bertz CT molecular complexity index is 782. The molecule has 0 fully saturated rings. The molecule has 1 atom stereocenters. The number of carboxylic acids is 1. The Balaban J connectivity index is 2.30. The largest absolute Gasteiger partial charge is 0.479 e. The third-order valence-electron chi connectivity index (χ3n) is 3.74. The molecular formula is C19H19ClFNO4. The van der Waals surface area contributed by atoms with Crippen LogP contribution in [0.25, 0.3) is 0 Å². The highest BCUT2D eigenvalue weighted by Crippen LogP contribution is 2.29. The van der Waals surface area contributed by atoms with Gasteiger partial charge in [0.1, 0.15) is 12.4 Å². The summed E-state index contributed by atoms with van der Waals surface area (Å²) in [7, 11) is 0. The fourth-order valence-electron chi connectivity index (χ4n) is 2.53. The van der Waals surface area contributed by atoms with Gasteiger partial charge >= 0.3 is 12.1 Å². The van der Waals surface area contributed by atoms with Crippen molar-refractivity contribution < 1.29 is 23.8 Å². The molecule has 138 valence electrons. The summed E-state index contributed by atoms with van der Waals surface area (Å²) in [6.07, 6.45) is -0.851. The normalized spacial score (nSPS) is 11.9. The molecular weight excluding hydrogens is 361 g/mol. The number of hydrogen-bond donors (Lipinski definition) is 1.